The van der Waals surface area contributed by atoms with E-state index in [9.17, 15) is 14.0 Å². The predicted octanol–water partition coefficient (Wildman–Crippen LogP) is 3.33. The smallest absolute Gasteiger partial charge is 0.404 e. The zero-order chi connectivity index (χ0) is 18.0. The van der Waals surface area contributed by atoms with Crippen molar-refractivity contribution in [2.24, 2.45) is 0 Å². The zero-order valence-corrected chi connectivity index (χ0v) is 14.6. The third-order valence-electron chi connectivity index (χ3n) is 2.87. The second kappa shape index (κ2) is 6.97. The van der Waals surface area contributed by atoms with Crippen molar-refractivity contribution in [2.45, 2.75) is 13.8 Å². The SMILES string of the molecule is Cc1cccc(C)c1OP(=O)(O)Oc1cccc(OP(=O)(O)O)c1. The van der Waals surface area contributed by atoms with Gasteiger partial charge in [0.25, 0.3) is 0 Å². The average Bonchev–Trinajstić information content (AvgIpc) is 2.41. The summed E-state index contributed by atoms with van der Waals surface area (Å²) in [4.78, 5) is 27.4. The van der Waals surface area contributed by atoms with Gasteiger partial charge in [0.2, 0.25) is 0 Å². The molecular weight excluding hydrogens is 358 g/mol. The third-order valence-corrected chi connectivity index (χ3v) is 4.17. The van der Waals surface area contributed by atoms with Crippen molar-refractivity contribution in [1.29, 1.82) is 0 Å². The lowest BCUT2D eigenvalue weighted by molar-refractivity contribution is 0.282. The molecule has 0 saturated heterocycles. The first-order valence-electron chi connectivity index (χ1n) is 6.69. The number of phosphoric acid groups is 2. The number of rotatable bonds is 6. The summed E-state index contributed by atoms with van der Waals surface area (Å²) < 4.78 is 37.4. The topological polar surface area (TPSA) is 123 Å². The Morgan fingerprint density at radius 2 is 1.29 bits per heavy atom. The Balaban J connectivity index is 2.19. The van der Waals surface area contributed by atoms with Gasteiger partial charge in [-0.3, -0.25) is 14.7 Å². The van der Waals surface area contributed by atoms with Crippen LogP contribution in [0.3, 0.4) is 0 Å². The van der Waals surface area contributed by atoms with E-state index in [1.807, 2.05) is 0 Å². The van der Waals surface area contributed by atoms with Crippen LogP contribution in [-0.4, -0.2) is 14.7 Å². The maximum Gasteiger partial charge on any atom is 0.584 e. The van der Waals surface area contributed by atoms with Crippen molar-refractivity contribution in [1.82, 2.24) is 0 Å². The molecular formula is C14H16O8P2. The van der Waals surface area contributed by atoms with E-state index >= 15 is 0 Å². The molecule has 0 radical (unpaired) electrons. The Morgan fingerprint density at radius 3 is 1.83 bits per heavy atom. The van der Waals surface area contributed by atoms with Gasteiger partial charge in [0.05, 0.1) is 0 Å². The van der Waals surface area contributed by atoms with Crippen molar-refractivity contribution >= 4 is 15.6 Å². The summed E-state index contributed by atoms with van der Waals surface area (Å²) >= 11 is 0. The first-order chi connectivity index (χ1) is 11.1. The van der Waals surface area contributed by atoms with Crippen LogP contribution in [0.15, 0.2) is 42.5 Å². The van der Waals surface area contributed by atoms with Crippen molar-refractivity contribution in [3.8, 4) is 17.2 Å². The van der Waals surface area contributed by atoms with Crippen LogP contribution < -0.4 is 13.6 Å². The highest BCUT2D eigenvalue weighted by Crippen LogP contribution is 2.47. The first-order valence-corrected chi connectivity index (χ1v) is 9.72. The van der Waals surface area contributed by atoms with E-state index in [2.05, 4.69) is 4.52 Å². The quantitative estimate of drug-likeness (QED) is 0.658. The van der Waals surface area contributed by atoms with E-state index < -0.39 is 15.6 Å². The molecule has 24 heavy (non-hydrogen) atoms. The molecule has 2 aromatic rings. The van der Waals surface area contributed by atoms with Crippen molar-refractivity contribution in [2.75, 3.05) is 0 Å². The van der Waals surface area contributed by atoms with Crippen LogP contribution in [0.5, 0.6) is 17.2 Å². The molecule has 2 aromatic carbocycles. The number of hydrogen-bond donors (Lipinski definition) is 3. The van der Waals surface area contributed by atoms with Crippen LogP contribution >= 0.6 is 15.6 Å². The van der Waals surface area contributed by atoms with E-state index in [-0.39, 0.29) is 17.2 Å². The molecule has 0 bridgehead atoms. The molecule has 0 amide bonds. The van der Waals surface area contributed by atoms with Crippen LogP contribution in [0.4, 0.5) is 0 Å². The Bertz CT molecular complexity index is 809. The molecule has 8 nitrogen and oxygen atoms in total. The monoisotopic (exact) mass is 374 g/mol. The molecule has 130 valence electrons. The van der Waals surface area contributed by atoms with Crippen molar-refractivity contribution < 1.29 is 37.4 Å². The molecule has 0 aliphatic heterocycles. The van der Waals surface area contributed by atoms with E-state index in [1.54, 1.807) is 32.0 Å². The summed E-state index contributed by atoms with van der Waals surface area (Å²) in [6.07, 6.45) is 0. The lowest BCUT2D eigenvalue weighted by atomic mass is 10.1. The average molecular weight is 374 g/mol. The highest BCUT2D eigenvalue weighted by Gasteiger charge is 2.27. The highest BCUT2D eigenvalue weighted by molar-refractivity contribution is 7.48. The molecule has 0 aliphatic carbocycles. The van der Waals surface area contributed by atoms with E-state index in [1.165, 1.54) is 18.2 Å². The Labute approximate surface area is 138 Å². The summed E-state index contributed by atoms with van der Waals surface area (Å²) in [7, 11) is -9.26. The summed E-state index contributed by atoms with van der Waals surface area (Å²) in [6.45, 7) is 3.44. The van der Waals surface area contributed by atoms with Gasteiger partial charge in [-0.2, -0.15) is 0 Å². The van der Waals surface area contributed by atoms with Gasteiger partial charge in [0.15, 0.2) is 0 Å². The maximum absolute atomic E-state index is 12.2. The normalized spacial score (nSPS) is 13.9. The van der Waals surface area contributed by atoms with Gasteiger partial charge in [-0.1, -0.05) is 24.3 Å². The van der Waals surface area contributed by atoms with Crippen LogP contribution in [-0.2, 0) is 9.13 Å². The van der Waals surface area contributed by atoms with Gasteiger partial charge in [0.1, 0.15) is 17.2 Å². The van der Waals surface area contributed by atoms with E-state index in [0.29, 0.717) is 11.1 Å². The molecule has 0 spiro atoms. The molecule has 0 saturated carbocycles. The molecule has 3 N–H and O–H groups in total. The minimum absolute atomic E-state index is 0.141. The van der Waals surface area contributed by atoms with Crippen LogP contribution in [0.1, 0.15) is 11.1 Å². The lowest BCUT2D eigenvalue weighted by Crippen LogP contribution is -2.02. The number of aryl methyl sites for hydroxylation is 2. The second-order valence-electron chi connectivity index (χ2n) is 4.93. The number of hydrogen-bond acceptors (Lipinski definition) is 5. The fourth-order valence-corrected chi connectivity index (χ4v) is 3.26. The Hall–Kier alpha value is -1.82. The van der Waals surface area contributed by atoms with Crippen LogP contribution in [0.2, 0.25) is 0 Å². The molecule has 1 unspecified atom stereocenters. The van der Waals surface area contributed by atoms with E-state index in [0.717, 1.165) is 6.07 Å². The molecule has 0 aromatic heterocycles. The summed E-state index contributed by atoms with van der Waals surface area (Å²) in [6, 6.07) is 10.2. The lowest BCUT2D eigenvalue weighted by Gasteiger charge is -2.17. The minimum Gasteiger partial charge on any atom is -0.404 e. The largest absolute Gasteiger partial charge is 0.584 e. The number of benzene rings is 2. The number of para-hydroxylation sites is 1. The van der Waals surface area contributed by atoms with Gasteiger partial charge in [-0.15, -0.1) is 0 Å². The van der Waals surface area contributed by atoms with Gasteiger partial charge < -0.3 is 13.6 Å². The minimum atomic E-state index is -4.74. The molecule has 2 rings (SSSR count). The zero-order valence-electron chi connectivity index (χ0n) is 12.8. The van der Waals surface area contributed by atoms with Gasteiger partial charge in [0, 0.05) is 6.07 Å². The van der Waals surface area contributed by atoms with Crippen molar-refractivity contribution in [3.05, 3.63) is 53.6 Å². The van der Waals surface area contributed by atoms with Crippen LogP contribution in [0, 0.1) is 13.8 Å². The van der Waals surface area contributed by atoms with E-state index in [4.69, 9.17) is 18.8 Å². The first kappa shape index (κ1) is 18.5. The fraction of sp³-hybridized carbons (Fsp3) is 0.143. The number of phosphoric ester groups is 2. The second-order valence-corrected chi connectivity index (χ2v) is 7.39. The van der Waals surface area contributed by atoms with Crippen molar-refractivity contribution in [3.63, 3.8) is 0 Å². The highest BCUT2D eigenvalue weighted by atomic mass is 31.2. The standard InChI is InChI=1S/C14H16O8P2/c1-10-5-3-6-11(2)14(10)22-24(18,19)21-13-8-4-7-12(9-13)20-23(15,16)17/h3-9H,1-2H3,(H,18,19)(H2,15,16,17). The summed E-state index contributed by atoms with van der Waals surface area (Å²) in [5, 5.41) is 0. The molecule has 0 heterocycles. The molecule has 10 heteroatoms. The Morgan fingerprint density at radius 1 is 0.792 bits per heavy atom. The molecule has 0 aliphatic rings. The predicted molar refractivity (Wildman–Crippen MR) is 86.1 cm³/mol. The van der Waals surface area contributed by atoms with Crippen LogP contribution in [0.25, 0.3) is 0 Å². The summed E-state index contributed by atoms with van der Waals surface area (Å²) in [5.41, 5.74) is 1.32. The Kier molecular flexibility index (Phi) is 5.38. The van der Waals surface area contributed by atoms with Gasteiger partial charge >= 0.3 is 15.6 Å². The van der Waals surface area contributed by atoms with Gasteiger partial charge in [-0.05, 0) is 37.1 Å². The summed E-state index contributed by atoms with van der Waals surface area (Å²) in [5.74, 6) is -0.128. The molecule has 1 atom stereocenters. The van der Waals surface area contributed by atoms with Gasteiger partial charge in [-0.25, -0.2) is 9.13 Å². The molecule has 0 fully saturated rings. The maximum atomic E-state index is 12.2. The fourth-order valence-electron chi connectivity index (χ4n) is 1.94. The third kappa shape index (κ3) is 5.37.